The summed E-state index contributed by atoms with van der Waals surface area (Å²) in [5.74, 6) is 1.40. The number of carbonyl (C=O) groups is 2. The highest BCUT2D eigenvalue weighted by Crippen LogP contribution is 2.44. The van der Waals surface area contributed by atoms with Crippen molar-refractivity contribution in [2.45, 2.75) is 17.6 Å². The van der Waals surface area contributed by atoms with Gasteiger partial charge in [-0.3, -0.25) is 14.5 Å². The molecule has 0 saturated heterocycles. The second-order valence-electron chi connectivity index (χ2n) is 8.82. The van der Waals surface area contributed by atoms with Crippen molar-refractivity contribution in [1.82, 2.24) is 9.88 Å². The molecule has 1 aliphatic rings. The monoisotopic (exact) mass is 531 g/mol. The molecule has 0 fully saturated rings. The van der Waals surface area contributed by atoms with Gasteiger partial charge in [0.05, 0.1) is 32.1 Å². The Kier molecular flexibility index (Phi) is 7.20. The van der Waals surface area contributed by atoms with Gasteiger partial charge in [-0.05, 0) is 24.3 Å². The van der Waals surface area contributed by atoms with E-state index in [0.29, 0.717) is 22.9 Å². The number of thioether (sulfide) groups is 1. The number of nitrogens with zero attached hydrogens (tertiary/aromatic N) is 2. The van der Waals surface area contributed by atoms with Crippen LogP contribution in [0.3, 0.4) is 0 Å². The number of rotatable bonds is 7. The number of nitrogens with one attached hydrogen (secondary N) is 1. The second-order valence-corrected chi connectivity index (χ2v) is 9.78. The molecule has 1 aromatic heterocycles. The minimum atomic E-state index is -0.911. The Morgan fingerprint density at radius 2 is 1.66 bits per heavy atom. The molecular weight excluding hydrogens is 502 g/mol. The van der Waals surface area contributed by atoms with Crippen molar-refractivity contribution in [3.05, 3.63) is 77.9 Å². The SMILES string of the molecule is COc1ccccc1CNC(=O)[C@@H]1c2c(n(C)c3ccccc23)SCC(=O)N1c1ccc(OC)c(OC)c1. The first-order chi connectivity index (χ1) is 18.5. The van der Waals surface area contributed by atoms with Gasteiger partial charge in [-0.25, -0.2) is 0 Å². The van der Waals surface area contributed by atoms with Gasteiger partial charge in [0.2, 0.25) is 11.8 Å². The number of hydrogen-bond donors (Lipinski definition) is 1. The average molecular weight is 532 g/mol. The summed E-state index contributed by atoms with van der Waals surface area (Å²) in [5, 5.41) is 4.89. The van der Waals surface area contributed by atoms with Crippen molar-refractivity contribution in [1.29, 1.82) is 0 Å². The number of carbonyl (C=O) groups excluding carboxylic acids is 2. The molecule has 2 amide bonds. The Labute approximate surface area is 225 Å². The maximum atomic E-state index is 14.1. The first kappa shape index (κ1) is 25.5. The topological polar surface area (TPSA) is 82.0 Å². The third-order valence-electron chi connectivity index (χ3n) is 6.76. The zero-order valence-electron chi connectivity index (χ0n) is 21.7. The van der Waals surface area contributed by atoms with E-state index in [0.717, 1.165) is 27.1 Å². The third kappa shape index (κ3) is 4.43. The van der Waals surface area contributed by atoms with Crippen LogP contribution in [-0.4, -0.2) is 43.5 Å². The number of aryl methyl sites for hydroxylation is 1. The highest BCUT2D eigenvalue weighted by molar-refractivity contribution is 8.00. The number of ether oxygens (including phenoxy) is 3. The van der Waals surface area contributed by atoms with E-state index < -0.39 is 6.04 Å². The molecule has 0 bridgehead atoms. The molecule has 0 unspecified atom stereocenters. The van der Waals surface area contributed by atoms with E-state index in [4.69, 9.17) is 14.2 Å². The van der Waals surface area contributed by atoms with Crippen LogP contribution >= 0.6 is 11.8 Å². The van der Waals surface area contributed by atoms with Crippen LogP contribution < -0.4 is 24.4 Å². The lowest BCUT2D eigenvalue weighted by Gasteiger charge is -2.30. The fourth-order valence-electron chi connectivity index (χ4n) is 4.95. The molecule has 1 aliphatic heterocycles. The summed E-state index contributed by atoms with van der Waals surface area (Å²) >= 11 is 1.44. The van der Waals surface area contributed by atoms with Crippen LogP contribution in [0.5, 0.6) is 17.2 Å². The quantitative estimate of drug-likeness (QED) is 0.372. The zero-order valence-corrected chi connectivity index (χ0v) is 22.5. The van der Waals surface area contributed by atoms with E-state index in [-0.39, 0.29) is 24.1 Å². The number of amides is 2. The summed E-state index contributed by atoms with van der Waals surface area (Å²) in [6.45, 7) is 0.251. The molecule has 0 saturated carbocycles. The first-order valence-electron chi connectivity index (χ1n) is 12.1. The molecule has 3 aromatic carbocycles. The average Bonchev–Trinajstić information content (AvgIpc) is 3.13. The van der Waals surface area contributed by atoms with Crippen LogP contribution in [0.2, 0.25) is 0 Å². The van der Waals surface area contributed by atoms with Gasteiger partial charge in [0, 0.05) is 47.4 Å². The number of fused-ring (bicyclic) bond motifs is 3. The highest BCUT2D eigenvalue weighted by Gasteiger charge is 2.40. The molecule has 196 valence electrons. The van der Waals surface area contributed by atoms with Gasteiger partial charge in [0.1, 0.15) is 11.8 Å². The maximum Gasteiger partial charge on any atom is 0.248 e. The van der Waals surface area contributed by atoms with E-state index >= 15 is 0 Å². The molecule has 1 atom stereocenters. The Balaban J connectivity index is 1.65. The molecule has 9 heteroatoms. The van der Waals surface area contributed by atoms with Gasteiger partial charge in [0.15, 0.2) is 11.5 Å². The van der Waals surface area contributed by atoms with Crippen LogP contribution in [0, 0.1) is 0 Å². The van der Waals surface area contributed by atoms with Gasteiger partial charge in [-0.2, -0.15) is 0 Å². The lowest BCUT2D eigenvalue weighted by Crippen LogP contribution is -2.43. The number of anilines is 1. The van der Waals surface area contributed by atoms with Gasteiger partial charge in [-0.1, -0.05) is 48.2 Å². The van der Waals surface area contributed by atoms with E-state index in [1.165, 1.54) is 11.8 Å². The zero-order chi connectivity index (χ0) is 26.8. The molecule has 38 heavy (non-hydrogen) atoms. The molecule has 0 aliphatic carbocycles. The normalized spacial score (nSPS) is 15.1. The predicted octanol–water partition coefficient (Wildman–Crippen LogP) is 4.70. The van der Waals surface area contributed by atoms with E-state index in [1.54, 1.807) is 44.4 Å². The summed E-state index contributed by atoms with van der Waals surface area (Å²) in [6.07, 6.45) is 0. The molecule has 1 N–H and O–H groups in total. The van der Waals surface area contributed by atoms with Crippen LogP contribution in [0.25, 0.3) is 10.9 Å². The van der Waals surface area contributed by atoms with Crippen LogP contribution in [-0.2, 0) is 23.2 Å². The summed E-state index contributed by atoms with van der Waals surface area (Å²) in [4.78, 5) is 29.4. The summed E-state index contributed by atoms with van der Waals surface area (Å²) in [7, 11) is 6.67. The first-order valence-corrected chi connectivity index (χ1v) is 13.1. The van der Waals surface area contributed by atoms with Crippen molar-refractivity contribution in [2.24, 2.45) is 7.05 Å². The van der Waals surface area contributed by atoms with Crippen LogP contribution in [0.15, 0.2) is 71.8 Å². The van der Waals surface area contributed by atoms with E-state index in [9.17, 15) is 9.59 Å². The van der Waals surface area contributed by atoms with Crippen molar-refractivity contribution >= 4 is 40.2 Å². The number of para-hydroxylation sites is 2. The Morgan fingerprint density at radius 1 is 0.947 bits per heavy atom. The van der Waals surface area contributed by atoms with Gasteiger partial charge in [0.25, 0.3) is 0 Å². The van der Waals surface area contributed by atoms with Gasteiger partial charge >= 0.3 is 0 Å². The van der Waals surface area contributed by atoms with Gasteiger partial charge in [-0.15, -0.1) is 0 Å². The fourth-order valence-corrected chi connectivity index (χ4v) is 6.02. The van der Waals surface area contributed by atoms with E-state index in [2.05, 4.69) is 9.88 Å². The van der Waals surface area contributed by atoms with Crippen molar-refractivity contribution in [3.63, 3.8) is 0 Å². The molecule has 0 spiro atoms. The molecule has 8 nitrogen and oxygen atoms in total. The molecule has 5 rings (SSSR count). The van der Waals surface area contributed by atoms with Crippen LogP contribution in [0.1, 0.15) is 17.2 Å². The molecule has 4 aromatic rings. The minimum absolute atomic E-state index is 0.181. The second kappa shape index (κ2) is 10.7. The van der Waals surface area contributed by atoms with Gasteiger partial charge < -0.3 is 24.1 Å². The lowest BCUT2D eigenvalue weighted by atomic mass is 10.0. The number of methoxy groups -OCH3 is 3. The Bertz CT molecular complexity index is 1520. The highest BCUT2D eigenvalue weighted by atomic mass is 32.2. The number of hydrogen-bond acceptors (Lipinski definition) is 6. The van der Waals surface area contributed by atoms with Crippen LogP contribution in [0.4, 0.5) is 5.69 Å². The minimum Gasteiger partial charge on any atom is -0.496 e. The predicted molar refractivity (Wildman–Crippen MR) is 148 cm³/mol. The standard InChI is InChI=1S/C29H29N3O5S/c1-31-21-11-7-6-10-20(21)26-27(28(34)30-16-18-9-5-8-12-22(18)35-2)32(25(33)17-38-29(26)31)19-13-14-23(36-3)24(15-19)37-4/h5-15,27H,16-17H2,1-4H3,(H,30,34)/t27-/m0/s1. The summed E-state index contributed by atoms with van der Waals surface area (Å²) < 4.78 is 18.4. The Hall–Kier alpha value is -4.11. The van der Waals surface area contributed by atoms with Crippen molar-refractivity contribution in [2.75, 3.05) is 32.0 Å². The van der Waals surface area contributed by atoms with Crippen molar-refractivity contribution < 1.29 is 23.8 Å². The summed E-state index contributed by atoms with van der Waals surface area (Å²) in [6, 6.07) is 19.8. The van der Waals surface area contributed by atoms with Crippen molar-refractivity contribution in [3.8, 4) is 17.2 Å². The summed E-state index contributed by atoms with van der Waals surface area (Å²) in [5.41, 5.74) is 3.18. The Morgan fingerprint density at radius 3 is 2.42 bits per heavy atom. The maximum absolute atomic E-state index is 14.1. The third-order valence-corrected chi connectivity index (χ3v) is 7.92. The molecule has 0 radical (unpaired) electrons. The molecule has 2 heterocycles. The smallest absolute Gasteiger partial charge is 0.248 e. The number of aromatic nitrogens is 1. The molecular formula is C29H29N3O5S. The largest absolute Gasteiger partial charge is 0.496 e. The lowest BCUT2D eigenvalue weighted by molar-refractivity contribution is -0.125. The van der Waals surface area contributed by atoms with E-state index in [1.807, 2.05) is 55.6 Å². The number of benzene rings is 3. The fraction of sp³-hybridized carbons (Fsp3) is 0.241.